The molecule has 3 heteroatoms. The molecule has 0 saturated carbocycles. The van der Waals surface area contributed by atoms with Crippen molar-refractivity contribution >= 4 is 11.8 Å². The third kappa shape index (κ3) is 4.45. The monoisotopic (exact) mass is 184 g/mol. The second kappa shape index (κ2) is 6.40. The number of hydrogen-bond donors (Lipinski definition) is 0. The standard InChI is InChI=1S/C10H16O3/c1-4-6-7-9(8(3)11)10(12)13-5-2/h4,6,9H,5,7H2,1-3H3. The molecule has 0 fully saturated rings. The van der Waals surface area contributed by atoms with Crippen molar-refractivity contribution in [1.29, 1.82) is 0 Å². The molecule has 0 aliphatic carbocycles. The van der Waals surface area contributed by atoms with Gasteiger partial charge in [0.1, 0.15) is 11.7 Å². The van der Waals surface area contributed by atoms with Crippen LogP contribution in [0.1, 0.15) is 27.2 Å². The van der Waals surface area contributed by atoms with Crippen LogP contribution in [0.2, 0.25) is 0 Å². The summed E-state index contributed by atoms with van der Waals surface area (Å²) in [5.74, 6) is -1.19. The Morgan fingerprint density at radius 3 is 2.46 bits per heavy atom. The van der Waals surface area contributed by atoms with E-state index in [1.54, 1.807) is 13.0 Å². The summed E-state index contributed by atoms with van der Waals surface area (Å²) in [7, 11) is 0. The highest BCUT2D eigenvalue weighted by atomic mass is 16.5. The second-order valence-corrected chi connectivity index (χ2v) is 2.72. The van der Waals surface area contributed by atoms with Gasteiger partial charge in [-0.05, 0) is 27.2 Å². The molecule has 0 aromatic rings. The van der Waals surface area contributed by atoms with Crippen LogP contribution in [0.5, 0.6) is 0 Å². The fraction of sp³-hybridized carbons (Fsp3) is 0.600. The number of Topliss-reactive ketones (excluding diaryl/α,β-unsaturated/α-hetero) is 1. The van der Waals surface area contributed by atoms with Gasteiger partial charge in [-0.1, -0.05) is 12.2 Å². The van der Waals surface area contributed by atoms with Gasteiger partial charge >= 0.3 is 5.97 Å². The summed E-state index contributed by atoms with van der Waals surface area (Å²) in [6, 6.07) is 0. The van der Waals surface area contributed by atoms with Crippen molar-refractivity contribution < 1.29 is 14.3 Å². The minimum atomic E-state index is -0.629. The third-order valence-corrected chi connectivity index (χ3v) is 1.67. The first-order chi connectivity index (χ1) is 6.13. The molecule has 13 heavy (non-hydrogen) atoms. The Morgan fingerprint density at radius 2 is 2.08 bits per heavy atom. The van der Waals surface area contributed by atoms with Gasteiger partial charge in [0.15, 0.2) is 0 Å². The predicted molar refractivity (Wildman–Crippen MR) is 50.2 cm³/mol. The van der Waals surface area contributed by atoms with Crippen molar-refractivity contribution in [1.82, 2.24) is 0 Å². The average Bonchev–Trinajstić information content (AvgIpc) is 2.05. The first-order valence-electron chi connectivity index (χ1n) is 4.41. The molecule has 0 N–H and O–H groups in total. The van der Waals surface area contributed by atoms with Crippen molar-refractivity contribution in [2.75, 3.05) is 6.61 Å². The Labute approximate surface area is 78.8 Å². The average molecular weight is 184 g/mol. The molecule has 0 aromatic carbocycles. The van der Waals surface area contributed by atoms with Crippen LogP contribution in [0.3, 0.4) is 0 Å². The zero-order chi connectivity index (χ0) is 10.3. The van der Waals surface area contributed by atoms with Crippen molar-refractivity contribution in [2.45, 2.75) is 27.2 Å². The Balaban J connectivity index is 4.23. The van der Waals surface area contributed by atoms with Gasteiger partial charge in [0.2, 0.25) is 0 Å². The van der Waals surface area contributed by atoms with E-state index in [0.29, 0.717) is 13.0 Å². The summed E-state index contributed by atoms with van der Waals surface area (Å²) in [6.07, 6.45) is 4.04. The zero-order valence-corrected chi connectivity index (χ0v) is 8.37. The van der Waals surface area contributed by atoms with E-state index < -0.39 is 11.9 Å². The molecule has 1 unspecified atom stereocenters. The summed E-state index contributed by atoms with van der Waals surface area (Å²) < 4.78 is 4.77. The summed E-state index contributed by atoms with van der Waals surface area (Å²) in [5.41, 5.74) is 0. The van der Waals surface area contributed by atoms with Gasteiger partial charge in [0.05, 0.1) is 6.61 Å². The molecule has 0 aliphatic heterocycles. The van der Waals surface area contributed by atoms with Crippen LogP contribution in [0.25, 0.3) is 0 Å². The minimum Gasteiger partial charge on any atom is -0.465 e. The van der Waals surface area contributed by atoms with Crippen molar-refractivity contribution in [3.8, 4) is 0 Å². The van der Waals surface area contributed by atoms with Crippen LogP contribution in [-0.4, -0.2) is 18.4 Å². The summed E-state index contributed by atoms with van der Waals surface area (Å²) in [4.78, 5) is 22.2. The molecule has 0 aromatic heterocycles. The summed E-state index contributed by atoms with van der Waals surface area (Å²) in [5, 5.41) is 0. The highest BCUT2D eigenvalue weighted by molar-refractivity contribution is 5.97. The lowest BCUT2D eigenvalue weighted by atomic mass is 10.0. The third-order valence-electron chi connectivity index (χ3n) is 1.67. The normalized spacial score (nSPS) is 12.8. The van der Waals surface area contributed by atoms with Gasteiger partial charge in [0.25, 0.3) is 0 Å². The second-order valence-electron chi connectivity index (χ2n) is 2.72. The minimum absolute atomic E-state index is 0.142. The van der Waals surface area contributed by atoms with E-state index in [0.717, 1.165) is 0 Å². The number of ketones is 1. The number of carbonyl (C=O) groups excluding carboxylic acids is 2. The lowest BCUT2D eigenvalue weighted by Gasteiger charge is -2.09. The predicted octanol–water partition coefficient (Wildman–Crippen LogP) is 1.72. The largest absolute Gasteiger partial charge is 0.465 e. The Kier molecular flexibility index (Phi) is 5.85. The number of rotatable bonds is 5. The van der Waals surface area contributed by atoms with Gasteiger partial charge < -0.3 is 4.74 Å². The zero-order valence-electron chi connectivity index (χ0n) is 8.37. The van der Waals surface area contributed by atoms with Crippen LogP contribution in [0, 0.1) is 5.92 Å². The molecule has 0 heterocycles. The van der Waals surface area contributed by atoms with Crippen LogP contribution in [-0.2, 0) is 14.3 Å². The van der Waals surface area contributed by atoms with Gasteiger partial charge in [-0.25, -0.2) is 0 Å². The van der Waals surface area contributed by atoms with E-state index in [1.165, 1.54) is 6.92 Å². The SMILES string of the molecule is CC=CCC(C(C)=O)C(=O)OCC. The molecule has 0 saturated heterocycles. The molecule has 0 rings (SSSR count). The maximum atomic E-state index is 11.2. The van der Waals surface area contributed by atoms with Crippen LogP contribution < -0.4 is 0 Å². The van der Waals surface area contributed by atoms with Gasteiger partial charge in [0, 0.05) is 0 Å². The Bertz CT molecular complexity index is 206. The molecule has 0 radical (unpaired) electrons. The van der Waals surface area contributed by atoms with Gasteiger partial charge in [-0.3, -0.25) is 9.59 Å². The lowest BCUT2D eigenvalue weighted by Crippen LogP contribution is -2.23. The van der Waals surface area contributed by atoms with E-state index in [2.05, 4.69) is 0 Å². The van der Waals surface area contributed by atoms with E-state index in [4.69, 9.17) is 4.74 Å². The van der Waals surface area contributed by atoms with E-state index >= 15 is 0 Å². The quantitative estimate of drug-likeness (QED) is 0.371. The maximum absolute atomic E-state index is 11.2. The topological polar surface area (TPSA) is 43.4 Å². The molecule has 0 aliphatic rings. The molecule has 3 nitrogen and oxygen atoms in total. The van der Waals surface area contributed by atoms with Crippen LogP contribution in [0.4, 0.5) is 0 Å². The van der Waals surface area contributed by atoms with Gasteiger partial charge in [-0.15, -0.1) is 0 Å². The molecule has 0 spiro atoms. The highest BCUT2D eigenvalue weighted by Gasteiger charge is 2.22. The Hall–Kier alpha value is -1.12. The van der Waals surface area contributed by atoms with E-state index in [-0.39, 0.29) is 5.78 Å². The molecule has 1 atom stereocenters. The van der Waals surface area contributed by atoms with Crippen LogP contribution in [0.15, 0.2) is 12.2 Å². The molecular weight excluding hydrogens is 168 g/mol. The molecule has 0 amide bonds. The number of allylic oxidation sites excluding steroid dienone is 2. The van der Waals surface area contributed by atoms with Crippen molar-refractivity contribution in [3.63, 3.8) is 0 Å². The molecular formula is C10H16O3. The molecule has 0 bridgehead atoms. The van der Waals surface area contributed by atoms with Crippen LogP contribution >= 0.6 is 0 Å². The number of carbonyl (C=O) groups is 2. The van der Waals surface area contributed by atoms with E-state index in [1.807, 2.05) is 13.0 Å². The number of ether oxygens (including phenoxy) is 1. The smallest absolute Gasteiger partial charge is 0.316 e. The Morgan fingerprint density at radius 1 is 1.46 bits per heavy atom. The highest BCUT2D eigenvalue weighted by Crippen LogP contribution is 2.08. The number of hydrogen-bond acceptors (Lipinski definition) is 3. The lowest BCUT2D eigenvalue weighted by molar-refractivity contribution is -0.150. The van der Waals surface area contributed by atoms with E-state index in [9.17, 15) is 9.59 Å². The fourth-order valence-corrected chi connectivity index (χ4v) is 0.943. The first-order valence-corrected chi connectivity index (χ1v) is 4.41. The van der Waals surface area contributed by atoms with Gasteiger partial charge in [-0.2, -0.15) is 0 Å². The van der Waals surface area contributed by atoms with Crippen molar-refractivity contribution in [2.24, 2.45) is 5.92 Å². The molecule has 74 valence electrons. The fourth-order valence-electron chi connectivity index (χ4n) is 0.943. The first kappa shape index (κ1) is 11.9. The summed E-state index contributed by atoms with van der Waals surface area (Å²) in [6.45, 7) is 5.30. The number of esters is 1. The summed E-state index contributed by atoms with van der Waals surface area (Å²) >= 11 is 0. The van der Waals surface area contributed by atoms with Crippen molar-refractivity contribution in [3.05, 3.63) is 12.2 Å². The maximum Gasteiger partial charge on any atom is 0.316 e.